The fourth-order valence-electron chi connectivity index (χ4n) is 1.12. The molecule has 1 aromatic carbocycles. The van der Waals surface area contributed by atoms with E-state index in [0.717, 1.165) is 0 Å². The maximum Gasteiger partial charge on any atom is 0.305 e. The molecule has 0 aliphatic rings. The maximum atomic E-state index is 13.2. The maximum absolute atomic E-state index is 13.2. The molecule has 1 aromatic rings. The molecule has 0 aliphatic carbocycles. The molecular weight excluding hydrogens is 238 g/mol. The first-order chi connectivity index (χ1) is 7.97. The molecule has 0 saturated heterocycles. The van der Waals surface area contributed by atoms with Crippen molar-refractivity contribution in [1.82, 2.24) is 5.32 Å². The summed E-state index contributed by atoms with van der Waals surface area (Å²) in [7, 11) is 0. The first kappa shape index (κ1) is 13.0. The SMILES string of the molecule is O=C(NCCO)c1cc([N+](=O)[O-])c(F)cc1F. The molecule has 0 unspecified atom stereocenters. The Morgan fingerprint density at radius 1 is 1.41 bits per heavy atom. The van der Waals surface area contributed by atoms with Crippen molar-refractivity contribution in [2.24, 2.45) is 0 Å². The van der Waals surface area contributed by atoms with Crippen LogP contribution in [-0.2, 0) is 0 Å². The number of nitro groups is 1. The highest BCUT2D eigenvalue weighted by Gasteiger charge is 2.21. The van der Waals surface area contributed by atoms with Gasteiger partial charge in [0.2, 0.25) is 5.82 Å². The second-order valence-electron chi connectivity index (χ2n) is 3.02. The highest BCUT2D eigenvalue weighted by Crippen LogP contribution is 2.21. The minimum Gasteiger partial charge on any atom is -0.395 e. The van der Waals surface area contributed by atoms with Gasteiger partial charge in [0.25, 0.3) is 5.91 Å². The summed E-state index contributed by atoms with van der Waals surface area (Å²) < 4.78 is 26.1. The number of amides is 1. The summed E-state index contributed by atoms with van der Waals surface area (Å²) in [5, 5.41) is 20.9. The zero-order valence-corrected chi connectivity index (χ0v) is 8.44. The van der Waals surface area contributed by atoms with E-state index in [4.69, 9.17) is 5.11 Å². The lowest BCUT2D eigenvalue weighted by molar-refractivity contribution is -0.387. The highest BCUT2D eigenvalue weighted by molar-refractivity contribution is 5.95. The number of benzene rings is 1. The molecule has 0 atom stereocenters. The van der Waals surface area contributed by atoms with Crippen LogP contribution in [0.4, 0.5) is 14.5 Å². The van der Waals surface area contributed by atoms with E-state index >= 15 is 0 Å². The fraction of sp³-hybridized carbons (Fsp3) is 0.222. The highest BCUT2D eigenvalue weighted by atomic mass is 19.1. The predicted molar refractivity (Wildman–Crippen MR) is 52.4 cm³/mol. The Hall–Kier alpha value is -2.09. The van der Waals surface area contributed by atoms with Crippen LogP contribution in [0.3, 0.4) is 0 Å². The number of carbonyl (C=O) groups is 1. The van der Waals surface area contributed by atoms with Crippen molar-refractivity contribution in [3.63, 3.8) is 0 Å². The van der Waals surface area contributed by atoms with Gasteiger partial charge in [-0.25, -0.2) is 4.39 Å². The molecule has 1 amide bonds. The Labute approximate surface area is 94.0 Å². The van der Waals surface area contributed by atoms with Crippen LogP contribution in [0, 0.1) is 21.7 Å². The average Bonchev–Trinajstić information content (AvgIpc) is 2.25. The van der Waals surface area contributed by atoms with Crippen molar-refractivity contribution in [2.75, 3.05) is 13.2 Å². The van der Waals surface area contributed by atoms with Crippen LogP contribution in [0.1, 0.15) is 10.4 Å². The third kappa shape index (κ3) is 2.94. The van der Waals surface area contributed by atoms with Crippen molar-refractivity contribution < 1.29 is 23.6 Å². The number of nitrogens with one attached hydrogen (secondary N) is 1. The Morgan fingerprint density at radius 3 is 2.59 bits per heavy atom. The zero-order chi connectivity index (χ0) is 13.0. The van der Waals surface area contributed by atoms with Crippen molar-refractivity contribution in [1.29, 1.82) is 0 Å². The zero-order valence-electron chi connectivity index (χ0n) is 8.44. The largest absolute Gasteiger partial charge is 0.395 e. The number of halogens is 2. The number of nitrogens with zero attached hydrogens (tertiary/aromatic N) is 1. The monoisotopic (exact) mass is 246 g/mol. The number of aliphatic hydroxyl groups is 1. The van der Waals surface area contributed by atoms with Gasteiger partial charge < -0.3 is 10.4 Å². The molecule has 0 saturated carbocycles. The third-order valence-electron chi connectivity index (χ3n) is 1.88. The summed E-state index contributed by atoms with van der Waals surface area (Å²) in [5.41, 5.74) is -1.63. The summed E-state index contributed by atoms with van der Waals surface area (Å²) in [5.74, 6) is -3.52. The number of carbonyl (C=O) groups excluding carboxylic acids is 1. The van der Waals surface area contributed by atoms with Gasteiger partial charge in [-0.3, -0.25) is 14.9 Å². The van der Waals surface area contributed by atoms with Gasteiger partial charge >= 0.3 is 5.69 Å². The summed E-state index contributed by atoms with van der Waals surface area (Å²) in [6, 6.07) is 0.781. The molecule has 8 heteroatoms. The van der Waals surface area contributed by atoms with E-state index in [9.17, 15) is 23.7 Å². The van der Waals surface area contributed by atoms with Crippen LogP contribution in [-0.4, -0.2) is 29.1 Å². The number of aliphatic hydroxyl groups excluding tert-OH is 1. The summed E-state index contributed by atoms with van der Waals surface area (Å²) in [6.45, 7) is -0.500. The molecule has 0 fully saturated rings. The van der Waals surface area contributed by atoms with Gasteiger partial charge in [0.15, 0.2) is 0 Å². The second-order valence-corrected chi connectivity index (χ2v) is 3.02. The first-order valence-corrected chi connectivity index (χ1v) is 4.50. The van der Waals surface area contributed by atoms with Crippen molar-refractivity contribution in [3.8, 4) is 0 Å². The molecule has 0 bridgehead atoms. The molecule has 2 N–H and O–H groups in total. The van der Waals surface area contributed by atoms with E-state index in [2.05, 4.69) is 5.32 Å². The second kappa shape index (κ2) is 5.30. The smallest absolute Gasteiger partial charge is 0.305 e. The standard InChI is InChI=1S/C9H8F2N2O4/c10-6-4-7(11)8(13(16)17)3-5(6)9(15)12-1-2-14/h3-4,14H,1-2H2,(H,12,15). The van der Waals surface area contributed by atoms with E-state index in [1.165, 1.54) is 0 Å². The molecule has 0 spiro atoms. The predicted octanol–water partition coefficient (Wildman–Crippen LogP) is 0.595. The molecule has 92 valence electrons. The number of rotatable bonds is 4. The first-order valence-electron chi connectivity index (χ1n) is 4.50. The Bertz CT molecular complexity index is 465. The van der Waals surface area contributed by atoms with Gasteiger partial charge in [-0.2, -0.15) is 4.39 Å². The van der Waals surface area contributed by atoms with E-state index in [1.807, 2.05) is 0 Å². The van der Waals surface area contributed by atoms with Gasteiger partial charge in [-0.1, -0.05) is 0 Å². The molecule has 0 heterocycles. The Morgan fingerprint density at radius 2 is 2.06 bits per heavy atom. The van der Waals surface area contributed by atoms with E-state index in [0.29, 0.717) is 6.07 Å². The molecular formula is C9H8F2N2O4. The number of nitro benzene ring substituents is 1. The normalized spacial score (nSPS) is 10.1. The van der Waals surface area contributed by atoms with Gasteiger partial charge in [0.1, 0.15) is 5.82 Å². The van der Waals surface area contributed by atoms with Crippen molar-refractivity contribution in [2.45, 2.75) is 0 Å². The quantitative estimate of drug-likeness (QED) is 0.600. The van der Waals surface area contributed by atoms with Gasteiger partial charge in [0, 0.05) is 18.7 Å². The molecule has 1 rings (SSSR count). The van der Waals surface area contributed by atoms with Crippen LogP contribution < -0.4 is 5.32 Å². The molecule has 6 nitrogen and oxygen atoms in total. The molecule has 0 aromatic heterocycles. The Kier molecular flexibility index (Phi) is 4.05. The molecule has 0 radical (unpaired) electrons. The molecule has 17 heavy (non-hydrogen) atoms. The van der Waals surface area contributed by atoms with Gasteiger partial charge in [-0.05, 0) is 0 Å². The van der Waals surface area contributed by atoms with Crippen molar-refractivity contribution >= 4 is 11.6 Å². The van der Waals surface area contributed by atoms with Crippen LogP contribution in [0.5, 0.6) is 0 Å². The summed E-state index contributed by atoms with van der Waals surface area (Å²) in [4.78, 5) is 20.6. The van der Waals surface area contributed by atoms with Gasteiger partial charge in [-0.15, -0.1) is 0 Å². The minimum atomic E-state index is -1.36. The van der Waals surface area contributed by atoms with Crippen LogP contribution in [0.2, 0.25) is 0 Å². The summed E-state index contributed by atoms with van der Waals surface area (Å²) in [6.07, 6.45) is 0. The lowest BCUT2D eigenvalue weighted by Crippen LogP contribution is -2.27. The van der Waals surface area contributed by atoms with E-state index < -0.39 is 33.7 Å². The van der Waals surface area contributed by atoms with Gasteiger partial charge in [0.05, 0.1) is 17.1 Å². The lowest BCUT2D eigenvalue weighted by Gasteiger charge is -2.04. The van der Waals surface area contributed by atoms with Crippen molar-refractivity contribution in [3.05, 3.63) is 39.4 Å². The third-order valence-corrected chi connectivity index (χ3v) is 1.88. The Balaban J connectivity index is 3.11. The van der Waals surface area contributed by atoms with E-state index in [-0.39, 0.29) is 19.2 Å². The fourth-order valence-corrected chi connectivity index (χ4v) is 1.12. The van der Waals surface area contributed by atoms with Crippen LogP contribution in [0.25, 0.3) is 0 Å². The minimum absolute atomic E-state index is 0.135. The topological polar surface area (TPSA) is 92.5 Å². The van der Waals surface area contributed by atoms with Crippen LogP contribution in [0.15, 0.2) is 12.1 Å². The van der Waals surface area contributed by atoms with E-state index in [1.54, 1.807) is 0 Å². The number of hydrogen-bond donors (Lipinski definition) is 2. The summed E-state index contributed by atoms with van der Waals surface area (Å²) >= 11 is 0. The lowest BCUT2D eigenvalue weighted by atomic mass is 10.1. The number of hydrogen-bond acceptors (Lipinski definition) is 4. The average molecular weight is 246 g/mol. The van der Waals surface area contributed by atoms with Crippen LogP contribution >= 0.6 is 0 Å². The molecule has 0 aliphatic heterocycles.